The third-order valence-corrected chi connectivity index (χ3v) is 4.59. The molecule has 9 nitrogen and oxygen atoms in total. The van der Waals surface area contributed by atoms with Crippen LogP contribution in [0.25, 0.3) is 21.8 Å². The summed E-state index contributed by atoms with van der Waals surface area (Å²) in [5.41, 5.74) is 1.63. The molecule has 0 aliphatic carbocycles. The van der Waals surface area contributed by atoms with Crippen molar-refractivity contribution >= 4 is 40.0 Å². The molecular weight excluding hydrogens is 434 g/mol. The molecule has 34 heavy (non-hydrogen) atoms. The molecule has 1 aromatic carbocycles. The minimum atomic E-state index is -0.716. The van der Waals surface area contributed by atoms with Crippen LogP contribution in [0.3, 0.4) is 0 Å². The second kappa shape index (κ2) is 10.1. The second-order valence-electron chi connectivity index (χ2n) is 9.94. The van der Waals surface area contributed by atoms with Crippen LogP contribution in [-0.4, -0.2) is 45.9 Å². The minimum Gasteiger partial charge on any atom is -0.444 e. The van der Waals surface area contributed by atoms with E-state index in [-0.39, 0.29) is 5.96 Å². The van der Waals surface area contributed by atoms with Crippen molar-refractivity contribution in [2.24, 2.45) is 4.99 Å². The Morgan fingerprint density at radius 1 is 0.941 bits per heavy atom. The number of hydrogen-bond donors (Lipinski definition) is 3. The van der Waals surface area contributed by atoms with E-state index in [0.29, 0.717) is 19.4 Å². The molecule has 0 saturated carbocycles. The Hall–Kier alpha value is -3.62. The van der Waals surface area contributed by atoms with E-state index in [9.17, 15) is 9.59 Å². The van der Waals surface area contributed by atoms with Gasteiger partial charge in [0.1, 0.15) is 11.2 Å². The highest BCUT2D eigenvalue weighted by atomic mass is 16.6. The zero-order valence-corrected chi connectivity index (χ0v) is 20.6. The normalized spacial score (nSPS) is 11.8. The van der Waals surface area contributed by atoms with Gasteiger partial charge in [-0.05, 0) is 66.5 Å². The Morgan fingerprint density at radius 2 is 1.56 bits per heavy atom. The van der Waals surface area contributed by atoms with Gasteiger partial charge in [-0.25, -0.2) is 9.59 Å². The van der Waals surface area contributed by atoms with Crippen molar-refractivity contribution in [2.75, 3.05) is 6.54 Å². The number of aromatic amines is 1. The Labute approximate surface area is 199 Å². The van der Waals surface area contributed by atoms with E-state index < -0.39 is 23.4 Å². The summed E-state index contributed by atoms with van der Waals surface area (Å²) in [7, 11) is 0. The van der Waals surface area contributed by atoms with Crippen molar-refractivity contribution in [3.8, 4) is 0 Å². The molecule has 9 heteroatoms. The van der Waals surface area contributed by atoms with Gasteiger partial charge in [0.2, 0.25) is 5.96 Å². The van der Waals surface area contributed by atoms with Crippen molar-refractivity contribution < 1.29 is 19.1 Å². The lowest BCUT2D eigenvalue weighted by atomic mass is 10.1. The van der Waals surface area contributed by atoms with Crippen molar-refractivity contribution in [2.45, 2.75) is 65.6 Å². The van der Waals surface area contributed by atoms with Gasteiger partial charge in [-0.1, -0.05) is 18.2 Å². The number of nitrogens with zero attached hydrogens (tertiary/aromatic N) is 2. The summed E-state index contributed by atoms with van der Waals surface area (Å²) in [6.45, 7) is 10.9. The number of ether oxygens (including phenoxy) is 2. The van der Waals surface area contributed by atoms with Crippen LogP contribution in [0, 0.1) is 0 Å². The van der Waals surface area contributed by atoms with Crippen molar-refractivity contribution in [1.82, 2.24) is 20.6 Å². The largest absolute Gasteiger partial charge is 0.444 e. The lowest BCUT2D eigenvalue weighted by Gasteiger charge is -2.22. The molecule has 2 amide bonds. The highest BCUT2D eigenvalue weighted by Crippen LogP contribution is 2.26. The fourth-order valence-corrected chi connectivity index (χ4v) is 3.37. The molecule has 0 atom stereocenters. The van der Waals surface area contributed by atoms with Gasteiger partial charge in [0.15, 0.2) is 0 Å². The maximum Gasteiger partial charge on any atom is 0.414 e. The maximum absolute atomic E-state index is 12.2. The fourth-order valence-electron chi connectivity index (χ4n) is 3.37. The number of aromatic nitrogens is 2. The predicted octanol–water partition coefficient (Wildman–Crippen LogP) is 5.05. The maximum atomic E-state index is 12.2. The molecule has 0 fully saturated rings. The van der Waals surface area contributed by atoms with Gasteiger partial charge in [0.25, 0.3) is 0 Å². The molecule has 0 bridgehead atoms. The molecule has 0 aliphatic heterocycles. The van der Waals surface area contributed by atoms with Gasteiger partial charge in [0, 0.05) is 29.0 Å². The van der Waals surface area contributed by atoms with Crippen LogP contribution in [0.15, 0.2) is 41.5 Å². The lowest BCUT2D eigenvalue weighted by Crippen LogP contribution is -2.47. The van der Waals surface area contributed by atoms with Crippen molar-refractivity contribution in [1.29, 1.82) is 0 Å². The van der Waals surface area contributed by atoms with Gasteiger partial charge in [-0.3, -0.25) is 20.6 Å². The first-order valence-electron chi connectivity index (χ1n) is 11.3. The summed E-state index contributed by atoms with van der Waals surface area (Å²) in [4.78, 5) is 36.7. The van der Waals surface area contributed by atoms with Crippen LogP contribution in [0.5, 0.6) is 0 Å². The van der Waals surface area contributed by atoms with Crippen LogP contribution in [0.1, 0.15) is 53.7 Å². The second-order valence-corrected chi connectivity index (χ2v) is 9.94. The van der Waals surface area contributed by atoms with E-state index in [1.165, 1.54) is 0 Å². The summed E-state index contributed by atoms with van der Waals surface area (Å²) >= 11 is 0. The molecule has 3 rings (SSSR count). The molecule has 0 saturated heterocycles. The fraction of sp³-hybridized carbons (Fsp3) is 0.440. The standard InChI is InChI=1S/C25H33N5O4/c1-24(2,3)33-22(31)29-21(30-23(32)34-25(4,5)6)27-14-9-12-19-20-17(13-15-26-19)16-10-7-8-11-18(16)28-20/h7-8,10-11,13,15,28H,9,12,14H2,1-6H3,(H2,27,29,30,31,32). The van der Waals surface area contributed by atoms with Gasteiger partial charge >= 0.3 is 12.2 Å². The van der Waals surface area contributed by atoms with E-state index in [1.54, 1.807) is 47.7 Å². The highest BCUT2D eigenvalue weighted by molar-refractivity contribution is 6.07. The topological polar surface area (TPSA) is 118 Å². The Morgan fingerprint density at radius 3 is 2.18 bits per heavy atom. The number of carbonyl (C=O) groups excluding carboxylic acids is 2. The van der Waals surface area contributed by atoms with E-state index >= 15 is 0 Å². The summed E-state index contributed by atoms with van der Waals surface area (Å²) in [5, 5.41) is 7.27. The van der Waals surface area contributed by atoms with E-state index in [1.807, 2.05) is 24.3 Å². The van der Waals surface area contributed by atoms with Crippen molar-refractivity contribution in [3.63, 3.8) is 0 Å². The number of amides is 2. The molecule has 2 aromatic heterocycles. The molecular formula is C25H33N5O4. The number of nitrogens with one attached hydrogen (secondary N) is 3. The number of pyridine rings is 1. The van der Waals surface area contributed by atoms with Gasteiger partial charge in [-0.15, -0.1) is 0 Å². The Bertz CT molecular complexity index is 1170. The number of aliphatic imine (C=N–C) groups is 1. The van der Waals surface area contributed by atoms with Crippen LogP contribution < -0.4 is 10.6 Å². The predicted molar refractivity (Wildman–Crippen MR) is 133 cm³/mol. The van der Waals surface area contributed by atoms with Crippen LogP contribution in [0.2, 0.25) is 0 Å². The summed E-state index contributed by atoms with van der Waals surface area (Å²) in [5.74, 6) is -0.0275. The first-order chi connectivity index (χ1) is 15.9. The molecule has 2 heterocycles. The number of benzene rings is 1. The Balaban J connectivity index is 1.69. The van der Waals surface area contributed by atoms with Crippen LogP contribution in [0.4, 0.5) is 9.59 Å². The summed E-state index contributed by atoms with van der Waals surface area (Å²) in [6.07, 6.45) is 1.69. The first kappa shape index (κ1) is 25.0. The van der Waals surface area contributed by atoms with E-state index in [2.05, 4.69) is 31.7 Å². The minimum absolute atomic E-state index is 0.0275. The first-order valence-corrected chi connectivity index (χ1v) is 11.3. The molecule has 0 spiro atoms. The monoisotopic (exact) mass is 467 g/mol. The van der Waals surface area contributed by atoms with Gasteiger partial charge < -0.3 is 14.5 Å². The molecule has 3 aromatic rings. The third kappa shape index (κ3) is 7.19. The number of fused-ring (bicyclic) bond motifs is 3. The summed E-state index contributed by atoms with van der Waals surface area (Å²) < 4.78 is 10.5. The zero-order chi connectivity index (χ0) is 24.9. The van der Waals surface area contributed by atoms with Gasteiger partial charge in [0.05, 0.1) is 11.2 Å². The molecule has 3 N–H and O–H groups in total. The highest BCUT2D eigenvalue weighted by Gasteiger charge is 2.21. The number of para-hydroxylation sites is 1. The number of guanidine groups is 1. The molecule has 0 radical (unpaired) electrons. The van der Waals surface area contributed by atoms with E-state index in [4.69, 9.17) is 9.47 Å². The summed E-state index contributed by atoms with van der Waals surface area (Å²) in [6, 6.07) is 10.1. The number of aryl methyl sites for hydroxylation is 1. The quantitative estimate of drug-likeness (QED) is 0.282. The van der Waals surface area contributed by atoms with Crippen LogP contribution >= 0.6 is 0 Å². The zero-order valence-electron chi connectivity index (χ0n) is 20.6. The van der Waals surface area contributed by atoms with Crippen molar-refractivity contribution in [3.05, 3.63) is 42.2 Å². The third-order valence-electron chi connectivity index (χ3n) is 4.59. The number of H-pyrrole nitrogens is 1. The lowest BCUT2D eigenvalue weighted by molar-refractivity contribution is 0.0545. The Kier molecular flexibility index (Phi) is 7.44. The SMILES string of the molecule is CC(C)(C)OC(=O)NC(=NCCCc1nccc2c1[nH]c1ccccc12)NC(=O)OC(C)(C)C. The number of rotatable bonds is 4. The molecule has 182 valence electrons. The average Bonchev–Trinajstić information content (AvgIpc) is 3.07. The van der Waals surface area contributed by atoms with Crippen LogP contribution in [-0.2, 0) is 15.9 Å². The number of hydrogen-bond acceptors (Lipinski definition) is 6. The number of carbonyl (C=O) groups is 2. The van der Waals surface area contributed by atoms with Gasteiger partial charge in [-0.2, -0.15) is 0 Å². The molecule has 0 aliphatic rings. The molecule has 0 unspecified atom stereocenters. The smallest absolute Gasteiger partial charge is 0.414 e. The number of alkyl carbamates (subject to hydrolysis) is 2. The van der Waals surface area contributed by atoms with E-state index in [0.717, 1.165) is 27.5 Å². The average molecular weight is 468 g/mol.